The van der Waals surface area contributed by atoms with Gasteiger partial charge in [-0.1, -0.05) is 29.3 Å². The summed E-state index contributed by atoms with van der Waals surface area (Å²) in [5.74, 6) is 0.397. The largest absolute Gasteiger partial charge is 0.481 e. The minimum Gasteiger partial charge on any atom is -0.481 e. The number of ether oxygens (including phenoxy) is 2. The van der Waals surface area contributed by atoms with E-state index in [9.17, 15) is 9.90 Å². The lowest BCUT2D eigenvalue weighted by atomic mass is 9.94. The summed E-state index contributed by atoms with van der Waals surface area (Å²) in [5.41, 5.74) is 2.71. The fourth-order valence-electron chi connectivity index (χ4n) is 4.05. The zero-order chi connectivity index (χ0) is 21.1. The third-order valence-corrected chi connectivity index (χ3v) is 6.01. The number of likely N-dealkylation sites (tertiary alicyclic amines) is 1. The first kappa shape index (κ1) is 21.0. The van der Waals surface area contributed by atoms with Crippen LogP contribution in [-0.2, 0) is 4.79 Å². The van der Waals surface area contributed by atoms with Crippen LogP contribution in [-0.4, -0.2) is 42.4 Å². The number of hydrogen-bond acceptors (Lipinski definition) is 4. The fraction of sp³-hybridized carbons (Fsp3) is 0.348. The maximum Gasteiger partial charge on any atom is 0.307 e. The van der Waals surface area contributed by atoms with E-state index < -0.39 is 5.97 Å². The highest BCUT2D eigenvalue weighted by Gasteiger charge is 2.25. The molecule has 7 heteroatoms. The van der Waals surface area contributed by atoms with E-state index in [-0.39, 0.29) is 12.7 Å². The van der Waals surface area contributed by atoms with Gasteiger partial charge < -0.3 is 19.5 Å². The monoisotopic (exact) mass is 447 g/mol. The average molecular weight is 448 g/mol. The molecule has 4 rings (SSSR count). The van der Waals surface area contributed by atoms with Crippen molar-refractivity contribution in [2.24, 2.45) is 5.92 Å². The highest BCUT2D eigenvalue weighted by Crippen LogP contribution is 2.40. The van der Waals surface area contributed by atoms with Crippen LogP contribution in [0.25, 0.3) is 5.57 Å². The molecule has 0 amide bonds. The second kappa shape index (κ2) is 9.29. The van der Waals surface area contributed by atoms with E-state index in [1.807, 2.05) is 24.3 Å². The van der Waals surface area contributed by atoms with Crippen LogP contribution in [0.5, 0.6) is 11.5 Å². The van der Waals surface area contributed by atoms with Gasteiger partial charge in [0.25, 0.3) is 0 Å². The number of aliphatic carboxylic acids is 1. The Bertz CT molecular complexity index is 920. The molecule has 0 aromatic heterocycles. The molecule has 2 aliphatic heterocycles. The third kappa shape index (κ3) is 4.75. The maximum absolute atomic E-state index is 11.3. The molecular weight excluding hydrogens is 425 g/mol. The highest BCUT2D eigenvalue weighted by atomic mass is 35.5. The molecule has 0 bridgehead atoms. The molecule has 0 aliphatic carbocycles. The van der Waals surface area contributed by atoms with Crippen molar-refractivity contribution < 1.29 is 19.4 Å². The Hall–Kier alpha value is -2.21. The summed E-state index contributed by atoms with van der Waals surface area (Å²) >= 11 is 12.6. The van der Waals surface area contributed by atoms with Gasteiger partial charge in [-0.2, -0.15) is 0 Å². The Morgan fingerprint density at radius 1 is 1.10 bits per heavy atom. The van der Waals surface area contributed by atoms with Crippen LogP contribution in [0.2, 0.25) is 10.0 Å². The number of piperidine rings is 1. The molecule has 2 aromatic carbocycles. The summed E-state index contributed by atoms with van der Waals surface area (Å²) in [6.45, 7) is 2.39. The number of rotatable bonds is 4. The molecule has 1 fully saturated rings. The van der Waals surface area contributed by atoms with Crippen molar-refractivity contribution in [2.75, 3.05) is 26.4 Å². The van der Waals surface area contributed by atoms with E-state index >= 15 is 0 Å². The van der Waals surface area contributed by atoms with Gasteiger partial charge >= 0.3 is 5.97 Å². The molecule has 0 saturated carbocycles. The number of nitrogens with zero attached hydrogens (tertiary/aromatic N) is 1. The number of carboxylic acid groups (broad SMARTS) is 1. The Morgan fingerprint density at radius 2 is 1.73 bits per heavy atom. The Morgan fingerprint density at radius 3 is 2.33 bits per heavy atom. The van der Waals surface area contributed by atoms with Crippen molar-refractivity contribution in [3.05, 3.63) is 63.6 Å². The van der Waals surface area contributed by atoms with Gasteiger partial charge in [-0.3, -0.25) is 4.79 Å². The minimum absolute atomic E-state index is 0.0981. The maximum atomic E-state index is 11.3. The van der Waals surface area contributed by atoms with Crippen LogP contribution in [0.1, 0.15) is 30.4 Å². The van der Waals surface area contributed by atoms with Crippen molar-refractivity contribution in [1.82, 2.24) is 4.90 Å². The molecule has 1 saturated heterocycles. The van der Waals surface area contributed by atoms with E-state index in [1.54, 1.807) is 12.1 Å². The van der Waals surface area contributed by atoms with Crippen LogP contribution in [0.15, 0.2) is 42.5 Å². The quantitative estimate of drug-likeness (QED) is 0.684. The van der Waals surface area contributed by atoms with E-state index in [4.69, 9.17) is 32.7 Å². The lowest BCUT2D eigenvalue weighted by Gasteiger charge is -2.30. The number of hydrogen-bond donors (Lipinski definition) is 1. The molecule has 2 aromatic rings. The standard InChI is InChI=1S/C23H23Cl2NO4/c24-16-5-7-21-19(11-16)18(20-12-17(25)6-8-22(20)30-14-29-21)4-2-10-26-9-1-3-15(13-26)23(27)28/h4-8,11-12,15H,1-3,9-10,13-14H2,(H,27,28). The van der Waals surface area contributed by atoms with E-state index in [1.165, 1.54) is 0 Å². The van der Waals surface area contributed by atoms with Crippen LogP contribution in [0.4, 0.5) is 0 Å². The van der Waals surface area contributed by atoms with E-state index in [0.717, 1.165) is 49.1 Å². The van der Waals surface area contributed by atoms with Crippen LogP contribution < -0.4 is 9.47 Å². The predicted octanol–water partition coefficient (Wildman–Crippen LogP) is 5.34. The van der Waals surface area contributed by atoms with Gasteiger partial charge in [0.1, 0.15) is 11.5 Å². The minimum atomic E-state index is -0.709. The van der Waals surface area contributed by atoms with E-state index in [2.05, 4.69) is 11.0 Å². The van der Waals surface area contributed by atoms with Crippen molar-refractivity contribution >= 4 is 34.7 Å². The lowest BCUT2D eigenvalue weighted by molar-refractivity contribution is -0.143. The van der Waals surface area contributed by atoms with Crippen molar-refractivity contribution in [1.29, 1.82) is 0 Å². The second-order valence-corrected chi connectivity index (χ2v) is 8.44. The van der Waals surface area contributed by atoms with Gasteiger partial charge in [0.15, 0.2) is 0 Å². The zero-order valence-electron chi connectivity index (χ0n) is 16.4. The zero-order valence-corrected chi connectivity index (χ0v) is 18.0. The summed E-state index contributed by atoms with van der Waals surface area (Å²) in [6, 6.07) is 11.0. The Labute approximate surface area is 185 Å². The lowest BCUT2D eigenvalue weighted by Crippen LogP contribution is -2.39. The smallest absolute Gasteiger partial charge is 0.307 e. The van der Waals surface area contributed by atoms with Gasteiger partial charge in [-0.15, -0.1) is 0 Å². The van der Waals surface area contributed by atoms with Gasteiger partial charge in [0, 0.05) is 34.3 Å². The topological polar surface area (TPSA) is 59.0 Å². The van der Waals surface area contributed by atoms with Gasteiger partial charge in [-0.05, 0) is 67.8 Å². The molecule has 2 aliphatic rings. The normalized spacial score (nSPS) is 18.9. The summed E-state index contributed by atoms with van der Waals surface area (Å²) in [6.07, 6.45) is 4.54. The van der Waals surface area contributed by atoms with Gasteiger partial charge in [0.2, 0.25) is 6.79 Å². The number of carboxylic acids is 1. The number of fused-ring (bicyclic) bond motifs is 2. The molecule has 30 heavy (non-hydrogen) atoms. The molecule has 2 heterocycles. The van der Waals surface area contributed by atoms with Crippen LogP contribution in [0.3, 0.4) is 0 Å². The van der Waals surface area contributed by atoms with Gasteiger partial charge in [-0.25, -0.2) is 0 Å². The number of carbonyl (C=O) groups is 1. The van der Waals surface area contributed by atoms with Crippen LogP contribution in [0, 0.1) is 5.92 Å². The first-order chi connectivity index (χ1) is 14.5. The summed E-state index contributed by atoms with van der Waals surface area (Å²) in [4.78, 5) is 13.6. The summed E-state index contributed by atoms with van der Waals surface area (Å²) in [5, 5.41) is 10.6. The Kier molecular flexibility index (Phi) is 6.52. The highest BCUT2D eigenvalue weighted by molar-refractivity contribution is 6.31. The molecule has 1 N–H and O–H groups in total. The molecule has 0 spiro atoms. The van der Waals surface area contributed by atoms with Crippen molar-refractivity contribution in [3.63, 3.8) is 0 Å². The van der Waals surface area contributed by atoms with Crippen molar-refractivity contribution in [2.45, 2.75) is 19.3 Å². The predicted molar refractivity (Wildman–Crippen MR) is 118 cm³/mol. The number of halogens is 2. The fourth-order valence-corrected chi connectivity index (χ4v) is 4.39. The first-order valence-electron chi connectivity index (χ1n) is 10.0. The SMILES string of the molecule is O=C(O)C1CCCN(CCC=C2c3cc(Cl)ccc3OCOc3ccc(Cl)cc32)C1. The van der Waals surface area contributed by atoms with Crippen molar-refractivity contribution in [3.8, 4) is 11.5 Å². The first-order valence-corrected chi connectivity index (χ1v) is 10.8. The van der Waals surface area contributed by atoms with Crippen LogP contribution >= 0.6 is 23.2 Å². The third-order valence-electron chi connectivity index (χ3n) is 5.54. The second-order valence-electron chi connectivity index (χ2n) is 7.57. The molecule has 5 nitrogen and oxygen atoms in total. The summed E-state index contributed by atoms with van der Waals surface area (Å²) < 4.78 is 11.6. The van der Waals surface area contributed by atoms with E-state index in [0.29, 0.717) is 28.1 Å². The molecule has 1 unspecified atom stereocenters. The molecule has 1 atom stereocenters. The molecule has 158 valence electrons. The number of benzene rings is 2. The Balaban J connectivity index is 1.64. The average Bonchev–Trinajstić information content (AvgIpc) is 2.72. The molecular formula is C23H23Cl2NO4. The van der Waals surface area contributed by atoms with Gasteiger partial charge in [0.05, 0.1) is 5.92 Å². The molecule has 0 radical (unpaired) electrons. The summed E-state index contributed by atoms with van der Waals surface area (Å²) in [7, 11) is 0.